The average Bonchev–Trinajstić information content (AvgIpc) is 2.46. The van der Waals surface area contributed by atoms with Gasteiger partial charge >= 0.3 is 0 Å². The number of hydrogen-bond acceptors (Lipinski definition) is 3. The summed E-state index contributed by atoms with van der Waals surface area (Å²) in [6.45, 7) is 0.580. The van der Waals surface area contributed by atoms with Crippen LogP contribution >= 0.6 is 15.9 Å². The van der Waals surface area contributed by atoms with E-state index in [2.05, 4.69) is 21.2 Å². The Morgan fingerprint density at radius 2 is 1.80 bits per heavy atom. The molecular weight excluding hydrogens is 325 g/mol. The lowest BCUT2D eigenvalue weighted by molar-refractivity contribution is 0.355. The topological polar surface area (TPSA) is 30.5 Å². The molecule has 2 aromatic carbocycles. The van der Waals surface area contributed by atoms with Gasteiger partial charge < -0.3 is 14.8 Å². The molecule has 0 aliphatic carbocycles. The highest BCUT2D eigenvalue weighted by atomic mass is 79.9. The van der Waals surface area contributed by atoms with Crippen molar-refractivity contribution in [3.8, 4) is 11.5 Å². The van der Waals surface area contributed by atoms with E-state index in [1.54, 1.807) is 20.3 Å². The number of ether oxygens (including phenoxy) is 2. The summed E-state index contributed by atoms with van der Waals surface area (Å²) in [6.07, 6.45) is 0. The number of rotatable bonds is 5. The fourth-order valence-electron chi connectivity index (χ4n) is 1.81. The number of benzene rings is 2. The van der Waals surface area contributed by atoms with Crippen molar-refractivity contribution in [1.82, 2.24) is 0 Å². The lowest BCUT2D eigenvalue weighted by atomic mass is 10.2. The molecule has 2 rings (SSSR count). The Balaban J connectivity index is 2.10. The molecule has 20 heavy (non-hydrogen) atoms. The van der Waals surface area contributed by atoms with E-state index in [-0.39, 0.29) is 5.82 Å². The third-order valence-corrected chi connectivity index (χ3v) is 3.62. The first-order chi connectivity index (χ1) is 9.63. The quantitative estimate of drug-likeness (QED) is 0.884. The zero-order valence-electron chi connectivity index (χ0n) is 11.2. The van der Waals surface area contributed by atoms with Crippen LogP contribution < -0.4 is 14.8 Å². The second kappa shape index (κ2) is 6.61. The Hall–Kier alpha value is -1.75. The minimum absolute atomic E-state index is 0.258. The van der Waals surface area contributed by atoms with Crippen molar-refractivity contribution >= 4 is 21.6 Å². The van der Waals surface area contributed by atoms with Gasteiger partial charge in [0.1, 0.15) is 5.82 Å². The number of hydrogen-bond donors (Lipinski definition) is 1. The van der Waals surface area contributed by atoms with Crippen molar-refractivity contribution < 1.29 is 13.9 Å². The minimum atomic E-state index is -0.258. The van der Waals surface area contributed by atoms with Gasteiger partial charge in [-0.05, 0) is 29.8 Å². The molecule has 3 nitrogen and oxygen atoms in total. The van der Waals surface area contributed by atoms with Crippen molar-refractivity contribution in [2.75, 3.05) is 19.5 Å². The number of halogens is 2. The Kier molecular flexibility index (Phi) is 4.84. The maximum absolute atomic E-state index is 13.0. The van der Waals surface area contributed by atoms with Crippen LogP contribution in [0.5, 0.6) is 11.5 Å². The number of anilines is 1. The van der Waals surface area contributed by atoms with Gasteiger partial charge in [0.15, 0.2) is 11.5 Å². The normalized spacial score (nSPS) is 10.2. The van der Waals surface area contributed by atoms with Gasteiger partial charge in [0.25, 0.3) is 0 Å². The molecule has 0 aromatic heterocycles. The Labute approximate surface area is 125 Å². The maximum atomic E-state index is 13.0. The van der Waals surface area contributed by atoms with Crippen molar-refractivity contribution in [3.63, 3.8) is 0 Å². The lowest BCUT2D eigenvalue weighted by Crippen LogP contribution is -2.01. The lowest BCUT2D eigenvalue weighted by Gasteiger charge is -2.12. The largest absolute Gasteiger partial charge is 0.493 e. The van der Waals surface area contributed by atoms with Gasteiger partial charge in [-0.25, -0.2) is 4.39 Å². The molecule has 0 fully saturated rings. The SMILES string of the molecule is COc1ccc(NCc2ccc(F)cc2Br)cc1OC. The van der Waals surface area contributed by atoms with Gasteiger partial charge in [0.05, 0.1) is 14.2 Å². The fourth-order valence-corrected chi connectivity index (χ4v) is 2.30. The van der Waals surface area contributed by atoms with Crippen LogP contribution in [0, 0.1) is 5.82 Å². The second-order valence-electron chi connectivity index (χ2n) is 4.16. The third-order valence-electron chi connectivity index (χ3n) is 2.88. The molecule has 0 radical (unpaired) electrons. The molecule has 0 aliphatic heterocycles. The molecule has 5 heteroatoms. The highest BCUT2D eigenvalue weighted by Crippen LogP contribution is 2.30. The van der Waals surface area contributed by atoms with Crippen molar-refractivity contribution in [2.45, 2.75) is 6.54 Å². The zero-order valence-corrected chi connectivity index (χ0v) is 12.8. The Bertz CT molecular complexity index is 604. The molecule has 0 heterocycles. The van der Waals surface area contributed by atoms with Gasteiger partial charge in [0, 0.05) is 22.8 Å². The van der Waals surface area contributed by atoms with Crippen LogP contribution in [0.3, 0.4) is 0 Å². The molecule has 0 atom stereocenters. The predicted molar refractivity (Wildman–Crippen MR) is 81.0 cm³/mol. The van der Waals surface area contributed by atoms with Crippen molar-refractivity contribution in [1.29, 1.82) is 0 Å². The summed E-state index contributed by atoms with van der Waals surface area (Å²) in [4.78, 5) is 0. The first kappa shape index (κ1) is 14.7. The van der Waals surface area contributed by atoms with E-state index in [0.29, 0.717) is 18.0 Å². The Morgan fingerprint density at radius 3 is 2.45 bits per heavy atom. The van der Waals surface area contributed by atoms with E-state index < -0.39 is 0 Å². The summed E-state index contributed by atoms with van der Waals surface area (Å²) >= 11 is 3.35. The zero-order chi connectivity index (χ0) is 14.5. The number of methoxy groups -OCH3 is 2. The molecule has 0 aliphatic rings. The van der Waals surface area contributed by atoms with Crippen LogP contribution in [0.25, 0.3) is 0 Å². The van der Waals surface area contributed by atoms with Crippen LogP contribution in [0.1, 0.15) is 5.56 Å². The maximum Gasteiger partial charge on any atom is 0.162 e. The minimum Gasteiger partial charge on any atom is -0.493 e. The predicted octanol–water partition coefficient (Wildman–Crippen LogP) is 4.22. The monoisotopic (exact) mass is 339 g/mol. The van der Waals surface area contributed by atoms with Gasteiger partial charge in [-0.3, -0.25) is 0 Å². The van der Waals surface area contributed by atoms with E-state index in [9.17, 15) is 4.39 Å². The van der Waals surface area contributed by atoms with E-state index in [1.165, 1.54) is 12.1 Å². The first-order valence-corrected chi connectivity index (χ1v) is 6.83. The summed E-state index contributed by atoms with van der Waals surface area (Å²) in [5, 5.41) is 3.26. The summed E-state index contributed by atoms with van der Waals surface area (Å²) in [5.74, 6) is 1.09. The van der Waals surface area contributed by atoms with Crippen LogP contribution in [0.15, 0.2) is 40.9 Å². The van der Waals surface area contributed by atoms with E-state index in [0.717, 1.165) is 15.7 Å². The molecule has 0 amide bonds. The molecule has 0 bridgehead atoms. The second-order valence-corrected chi connectivity index (χ2v) is 5.01. The third kappa shape index (κ3) is 3.42. The highest BCUT2D eigenvalue weighted by Gasteiger charge is 2.05. The van der Waals surface area contributed by atoms with Gasteiger partial charge in [-0.15, -0.1) is 0 Å². The van der Waals surface area contributed by atoms with Gasteiger partial charge in [-0.1, -0.05) is 22.0 Å². The van der Waals surface area contributed by atoms with E-state index in [1.807, 2.05) is 18.2 Å². The first-order valence-electron chi connectivity index (χ1n) is 6.04. The Morgan fingerprint density at radius 1 is 1.05 bits per heavy atom. The van der Waals surface area contributed by atoms with E-state index >= 15 is 0 Å². The van der Waals surface area contributed by atoms with Gasteiger partial charge in [-0.2, -0.15) is 0 Å². The molecule has 0 saturated heterocycles. The summed E-state index contributed by atoms with van der Waals surface area (Å²) in [5.41, 5.74) is 1.88. The summed E-state index contributed by atoms with van der Waals surface area (Å²) in [7, 11) is 3.19. The molecule has 0 spiro atoms. The molecular formula is C15H15BrFNO2. The number of nitrogens with one attached hydrogen (secondary N) is 1. The fraction of sp³-hybridized carbons (Fsp3) is 0.200. The summed E-state index contributed by atoms with van der Waals surface area (Å²) < 4.78 is 24.2. The smallest absolute Gasteiger partial charge is 0.162 e. The van der Waals surface area contributed by atoms with Crippen LogP contribution in [-0.2, 0) is 6.54 Å². The van der Waals surface area contributed by atoms with Crippen molar-refractivity contribution in [3.05, 3.63) is 52.3 Å². The van der Waals surface area contributed by atoms with Crippen LogP contribution in [0.4, 0.5) is 10.1 Å². The van der Waals surface area contributed by atoms with Crippen molar-refractivity contribution in [2.24, 2.45) is 0 Å². The average molecular weight is 340 g/mol. The molecule has 0 saturated carbocycles. The van der Waals surface area contributed by atoms with Gasteiger partial charge in [0.2, 0.25) is 0 Å². The molecule has 2 aromatic rings. The van der Waals surface area contributed by atoms with Crippen LogP contribution in [0.2, 0.25) is 0 Å². The summed E-state index contributed by atoms with van der Waals surface area (Å²) in [6, 6.07) is 10.2. The van der Waals surface area contributed by atoms with E-state index in [4.69, 9.17) is 9.47 Å². The molecule has 0 unspecified atom stereocenters. The molecule has 106 valence electrons. The molecule has 1 N–H and O–H groups in total. The van der Waals surface area contributed by atoms with Crippen LogP contribution in [-0.4, -0.2) is 14.2 Å². The highest BCUT2D eigenvalue weighted by molar-refractivity contribution is 9.10. The standard InChI is InChI=1S/C15H15BrFNO2/c1-19-14-6-5-12(8-15(14)20-2)18-9-10-3-4-11(17)7-13(10)16/h3-8,18H,9H2,1-2H3.